The summed E-state index contributed by atoms with van der Waals surface area (Å²) in [7, 11) is 3.27. The molecule has 1 N–H and O–H groups in total. The lowest BCUT2D eigenvalue weighted by Gasteiger charge is -2.15. The minimum atomic E-state index is 0.517. The van der Waals surface area contributed by atoms with Crippen LogP contribution in [0.2, 0.25) is 0 Å². The summed E-state index contributed by atoms with van der Waals surface area (Å²) in [4.78, 5) is 17.9. The van der Waals surface area contributed by atoms with Crippen LogP contribution in [0, 0.1) is 0 Å². The first-order valence-corrected chi connectivity index (χ1v) is 10.4. The SMILES string of the molecule is COc1cc(OC)c(Nc2ncnc3ncc(-c4ccccc4)nc23)cc1CI. The molecule has 0 atom stereocenters. The third kappa shape index (κ3) is 3.93. The number of nitrogens with zero attached hydrogens (tertiary/aromatic N) is 4. The van der Waals surface area contributed by atoms with Crippen molar-refractivity contribution in [3.05, 3.63) is 60.6 Å². The number of nitrogens with one attached hydrogen (secondary N) is 1. The van der Waals surface area contributed by atoms with E-state index in [0.29, 0.717) is 22.7 Å². The number of benzene rings is 2. The number of hydrogen-bond donors (Lipinski definition) is 1. The van der Waals surface area contributed by atoms with E-state index in [-0.39, 0.29) is 0 Å². The van der Waals surface area contributed by atoms with Gasteiger partial charge in [0.15, 0.2) is 17.0 Å². The summed E-state index contributed by atoms with van der Waals surface area (Å²) in [6, 6.07) is 13.7. The van der Waals surface area contributed by atoms with Gasteiger partial charge in [-0.05, 0) is 6.07 Å². The van der Waals surface area contributed by atoms with Gasteiger partial charge in [0.2, 0.25) is 0 Å². The Labute approximate surface area is 181 Å². The van der Waals surface area contributed by atoms with Gasteiger partial charge in [-0.2, -0.15) is 0 Å². The number of halogens is 1. The fraction of sp³-hybridized carbons (Fsp3) is 0.143. The second-order valence-corrected chi connectivity index (χ2v) is 6.90. The number of alkyl halides is 1. The Bertz CT molecular complexity index is 1150. The van der Waals surface area contributed by atoms with Crippen molar-refractivity contribution in [1.29, 1.82) is 0 Å². The molecule has 0 amide bonds. The molecule has 0 fully saturated rings. The summed E-state index contributed by atoms with van der Waals surface area (Å²) in [5, 5.41) is 3.33. The molecule has 7 nitrogen and oxygen atoms in total. The first-order valence-electron chi connectivity index (χ1n) is 8.84. The van der Waals surface area contributed by atoms with Crippen LogP contribution in [-0.2, 0) is 4.43 Å². The molecule has 4 rings (SSSR count). The molecule has 2 heterocycles. The second kappa shape index (κ2) is 8.56. The van der Waals surface area contributed by atoms with Gasteiger partial charge in [-0.25, -0.2) is 19.9 Å². The summed E-state index contributed by atoms with van der Waals surface area (Å²) >= 11 is 2.30. The third-order valence-corrected chi connectivity index (χ3v) is 5.24. The Hall–Kier alpha value is -3.01. The molecule has 2 aromatic carbocycles. The van der Waals surface area contributed by atoms with E-state index in [4.69, 9.17) is 14.5 Å². The maximum atomic E-state index is 5.54. The van der Waals surface area contributed by atoms with Gasteiger partial charge in [0, 0.05) is 21.6 Å². The number of methoxy groups -OCH3 is 2. The standard InChI is InChI=1S/C21H18IN5O2/c1-28-17-9-18(29-2)15(8-14(17)10-22)27-21-19-20(24-12-25-21)23-11-16(26-19)13-6-4-3-5-7-13/h3-9,11-12H,10H2,1-2H3,(H,23,24,25,27). The molecule has 0 bridgehead atoms. The van der Waals surface area contributed by atoms with Crippen molar-refractivity contribution in [2.24, 2.45) is 0 Å². The number of hydrogen-bond acceptors (Lipinski definition) is 7. The number of ether oxygens (including phenoxy) is 2. The maximum absolute atomic E-state index is 5.54. The van der Waals surface area contributed by atoms with Crippen molar-refractivity contribution in [2.75, 3.05) is 19.5 Å². The van der Waals surface area contributed by atoms with Crippen LogP contribution < -0.4 is 14.8 Å². The number of rotatable bonds is 6. The van der Waals surface area contributed by atoms with Crippen LogP contribution in [0.15, 0.2) is 55.0 Å². The highest BCUT2D eigenvalue weighted by Gasteiger charge is 2.14. The molecule has 0 radical (unpaired) electrons. The minimum Gasteiger partial charge on any atom is -0.496 e. The molecular weight excluding hydrogens is 481 g/mol. The van der Waals surface area contributed by atoms with Crippen molar-refractivity contribution in [3.63, 3.8) is 0 Å². The van der Waals surface area contributed by atoms with Crippen molar-refractivity contribution in [3.8, 4) is 22.8 Å². The van der Waals surface area contributed by atoms with E-state index in [1.165, 1.54) is 6.33 Å². The average molecular weight is 499 g/mol. The van der Waals surface area contributed by atoms with Crippen LogP contribution in [0.5, 0.6) is 11.5 Å². The fourth-order valence-electron chi connectivity index (χ4n) is 2.97. The molecule has 0 aliphatic carbocycles. The van der Waals surface area contributed by atoms with Gasteiger partial charge in [0.25, 0.3) is 0 Å². The highest BCUT2D eigenvalue weighted by Crippen LogP contribution is 2.36. The van der Waals surface area contributed by atoms with Crippen molar-refractivity contribution in [2.45, 2.75) is 4.43 Å². The lowest BCUT2D eigenvalue weighted by molar-refractivity contribution is 0.393. The fourth-order valence-corrected chi connectivity index (χ4v) is 3.57. The first-order chi connectivity index (χ1) is 14.2. The monoisotopic (exact) mass is 499 g/mol. The number of fused-ring (bicyclic) bond motifs is 1. The summed E-state index contributed by atoms with van der Waals surface area (Å²) in [5.41, 5.74) is 4.65. The van der Waals surface area contributed by atoms with Gasteiger partial charge in [-0.3, -0.25) is 0 Å². The molecule has 29 heavy (non-hydrogen) atoms. The van der Waals surface area contributed by atoms with E-state index in [1.807, 2.05) is 42.5 Å². The van der Waals surface area contributed by atoms with Gasteiger partial charge in [0.1, 0.15) is 17.8 Å². The molecule has 0 spiro atoms. The summed E-state index contributed by atoms with van der Waals surface area (Å²) in [5.74, 6) is 1.98. The first kappa shape index (κ1) is 19.3. The highest BCUT2D eigenvalue weighted by atomic mass is 127. The second-order valence-electron chi connectivity index (χ2n) is 6.14. The average Bonchev–Trinajstić information content (AvgIpc) is 2.79. The topological polar surface area (TPSA) is 82.0 Å². The predicted octanol–water partition coefficient (Wildman–Crippen LogP) is 4.78. The van der Waals surface area contributed by atoms with E-state index in [2.05, 4.69) is 42.9 Å². The number of anilines is 2. The van der Waals surface area contributed by atoms with Crippen LogP contribution in [-0.4, -0.2) is 34.2 Å². The Kier molecular flexibility index (Phi) is 5.70. The normalized spacial score (nSPS) is 10.7. The van der Waals surface area contributed by atoms with Gasteiger partial charge >= 0.3 is 0 Å². The highest BCUT2D eigenvalue weighted by molar-refractivity contribution is 14.1. The lowest BCUT2D eigenvalue weighted by Crippen LogP contribution is -2.02. The van der Waals surface area contributed by atoms with Gasteiger partial charge in [-0.1, -0.05) is 52.9 Å². The Morgan fingerprint density at radius 3 is 2.48 bits per heavy atom. The van der Waals surface area contributed by atoms with Crippen LogP contribution in [0.3, 0.4) is 0 Å². The van der Waals surface area contributed by atoms with E-state index < -0.39 is 0 Å². The predicted molar refractivity (Wildman–Crippen MR) is 121 cm³/mol. The van der Waals surface area contributed by atoms with Gasteiger partial charge in [-0.15, -0.1) is 0 Å². The minimum absolute atomic E-state index is 0.517. The Balaban J connectivity index is 1.80. The van der Waals surface area contributed by atoms with Crippen LogP contribution >= 0.6 is 22.6 Å². The van der Waals surface area contributed by atoms with E-state index in [9.17, 15) is 0 Å². The van der Waals surface area contributed by atoms with E-state index >= 15 is 0 Å². The van der Waals surface area contributed by atoms with E-state index in [1.54, 1.807) is 20.4 Å². The van der Waals surface area contributed by atoms with E-state index in [0.717, 1.165) is 32.7 Å². The zero-order valence-electron chi connectivity index (χ0n) is 15.9. The lowest BCUT2D eigenvalue weighted by atomic mass is 10.1. The Morgan fingerprint density at radius 1 is 0.966 bits per heavy atom. The van der Waals surface area contributed by atoms with Crippen molar-refractivity contribution in [1.82, 2.24) is 19.9 Å². The summed E-state index contributed by atoms with van der Waals surface area (Å²) in [6.45, 7) is 0. The smallest absolute Gasteiger partial charge is 0.183 e. The molecule has 8 heteroatoms. The molecule has 0 aliphatic heterocycles. The zero-order valence-corrected chi connectivity index (χ0v) is 18.0. The molecule has 0 saturated carbocycles. The largest absolute Gasteiger partial charge is 0.496 e. The van der Waals surface area contributed by atoms with Crippen molar-refractivity contribution < 1.29 is 9.47 Å². The third-order valence-electron chi connectivity index (χ3n) is 4.41. The zero-order chi connectivity index (χ0) is 20.2. The summed E-state index contributed by atoms with van der Waals surface area (Å²) < 4.78 is 11.8. The Morgan fingerprint density at radius 2 is 1.76 bits per heavy atom. The van der Waals surface area contributed by atoms with Crippen LogP contribution in [0.1, 0.15) is 5.56 Å². The number of aromatic nitrogens is 4. The quantitative estimate of drug-likeness (QED) is 0.302. The molecule has 0 aliphatic rings. The molecule has 2 aromatic heterocycles. The summed E-state index contributed by atoms with van der Waals surface area (Å²) in [6.07, 6.45) is 3.19. The van der Waals surface area contributed by atoms with Gasteiger partial charge < -0.3 is 14.8 Å². The van der Waals surface area contributed by atoms with Crippen LogP contribution in [0.25, 0.3) is 22.4 Å². The van der Waals surface area contributed by atoms with Crippen molar-refractivity contribution >= 4 is 45.3 Å². The molecule has 4 aromatic rings. The molecule has 0 saturated heterocycles. The molecular formula is C21H18IN5O2. The van der Waals surface area contributed by atoms with Gasteiger partial charge in [0.05, 0.1) is 31.8 Å². The molecule has 0 unspecified atom stereocenters. The molecule has 146 valence electrons. The maximum Gasteiger partial charge on any atom is 0.183 e. The van der Waals surface area contributed by atoms with Crippen LogP contribution in [0.4, 0.5) is 11.5 Å².